The molecule has 35 heavy (non-hydrogen) atoms. The molecule has 0 atom stereocenters. The Balaban J connectivity index is 1.28. The number of aryl methyl sites for hydroxylation is 2. The molecule has 0 saturated carbocycles. The van der Waals surface area contributed by atoms with Gasteiger partial charge in [0.25, 0.3) is 11.1 Å². The van der Waals surface area contributed by atoms with E-state index in [1.165, 1.54) is 16.2 Å². The first-order valence-corrected chi connectivity index (χ1v) is 12.6. The molecule has 178 valence electrons. The number of hydrogen-bond acceptors (Lipinski definition) is 6. The molecular weight excluding hydrogens is 458 g/mol. The smallest absolute Gasteiger partial charge is 0.294 e. The number of para-hydroxylation sites is 2. The summed E-state index contributed by atoms with van der Waals surface area (Å²) < 4.78 is 2.03. The number of anilines is 1. The molecule has 3 heterocycles. The van der Waals surface area contributed by atoms with Crippen LogP contribution in [0.15, 0.2) is 59.6 Å². The molecule has 2 amide bonds. The van der Waals surface area contributed by atoms with Crippen LogP contribution in [0.3, 0.4) is 0 Å². The van der Waals surface area contributed by atoms with Crippen LogP contribution in [0.25, 0.3) is 17.0 Å². The molecule has 1 aromatic heterocycles. The lowest BCUT2D eigenvalue weighted by atomic mass is 10.1. The number of aromatic nitrogens is 1. The lowest BCUT2D eigenvalue weighted by Gasteiger charge is -2.37. The third-order valence-corrected chi connectivity index (χ3v) is 7.52. The van der Waals surface area contributed by atoms with E-state index >= 15 is 0 Å². The van der Waals surface area contributed by atoms with Gasteiger partial charge in [-0.3, -0.25) is 19.4 Å². The van der Waals surface area contributed by atoms with Gasteiger partial charge in [-0.2, -0.15) is 5.26 Å². The second-order valence-electron chi connectivity index (χ2n) is 8.85. The molecule has 8 heteroatoms. The van der Waals surface area contributed by atoms with Gasteiger partial charge in [0.2, 0.25) is 0 Å². The molecule has 2 aliphatic rings. The molecule has 3 aromatic rings. The quantitative estimate of drug-likeness (QED) is 0.472. The highest BCUT2D eigenvalue weighted by Crippen LogP contribution is 2.34. The van der Waals surface area contributed by atoms with Crippen molar-refractivity contribution in [2.24, 2.45) is 0 Å². The van der Waals surface area contributed by atoms with Crippen molar-refractivity contribution in [2.45, 2.75) is 19.9 Å². The van der Waals surface area contributed by atoms with E-state index in [2.05, 4.69) is 41.0 Å². The minimum absolute atomic E-state index is 0.226. The summed E-state index contributed by atoms with van der Waals surface area (Å²) in [5, 5.41) is 9.75. The van der Waals surface area contributed by atoms with Gasteiger partial charge in [-0.05, 0) is 42.5 Å². The standard InChI is InChI=1S/C27H27N5O2S/c1-20-7-2-4-9-23(20)30-15-13-29(14-16-30)19-32-26(33)25(35-27(32)34)17-21-18-31(12-6-11-28)24-10-5-3-8-22(21)24/h2-5,7-10,17-18H,6,12-16,19H2,1H3/b25-17+. The Morgan fingerprint density at radius 1 is 1.03 bits per heavy atom. The minimum Gasteiger partial charge on any atom is -0.369 e. The molecule has 0 unspecified atom stereocenters. The van der Waals surface area contributed by atoms with Gasteiger partial charge in [0.15, 0.2) is 0 Å². The van der Waals surface area contributed by atoms with Crippen LogP contribution in [0, 0.1) is 18.3 Å². The molecule has 2 aliphatic heterocycles. The number of rotatable bonds is 6. The highest BCUT2D eigenvalue weighted by atomic mass is 32.2. The summed E-state index contributed by atoms with van der Waals surface area (Å²) in [5.74, 6) is -0.241. The Morgan fingerprint density at radius 2 is 1.77 bits per heavy atom. The molecule has 0 aliphatic carbocycles. The summed E-state index contributed by atoms with van der Waals surface area (Å²) in [6.45, 7) is 6.32. The average Bonchev–Trinajstić information content (AvgIpc) is 3.35. The van der Waals surface area contributed by atoms with Gasteiger partial charge in [0.05, 0.1) is 24.1 Å². The van der Waals surface area contributed by atoms with E-state index in [-0.39, 0.29) is 11.1 Å². The van der Waals surface area contributed by atoms with E-state index in [1.807, 2.05) is 47.2 Å². The van der Waals surface area contributed by atoms with Crippen molar-refractivity contribution < 1.29 is 9.59 Å². The second kappa shape index (κ2) is 9.98. The maximum atomic E-state index is 13.2. The summed E-state index contributed by atoms with van der Waals surface area (Å²) in [6.07, 6.45) is 4.18. The monoisotopic (exact) mass is 485 g/mol. The zero-order chi connectivity index (χ0) is 24.4. The molecule has 0 radical (unpaired) electrons. The van der Waals surface area contributed by atoms with Crippen molar-refractivity contribution in [1.82, 2.24) is 14.4 Å². The fraction of sp³-hybridized carbons (Fsp3) is 0.296. The van der Waals surface area contributed by atoms with Gasteiger partial charge in [-0.1, -0.05) is 36.4 Å². The lowest BCUT2D eigenvalue weighted by molar-refractivity contribution is -0.124. The van der Waals surface area contributed by atoms with Crippen LogP contribution < -0.4 is 4.90 Å². The summed E-state index contributed by atoms with van der Waals surface area (Å²) in [5.41, 5.74) is 4.40. The SMILES string of the molecule is Cc1ccccc1N1CCN(CN2C(=O)S/C(=C/c3cn(CCC#N)c4ccccc34)C2=O)CC1. The van der Waals surface area contributed by atoms with E-state index in [1.54, 1.807) is 0 Å². The van der Waals surface area contributed by atoms with Gasteiger partial charge in [0, 0.05) is 61.1 Å². The molecule has 2 fully saturated rings. The molecule has 7 nitrogen and oxygen atoms in total. The van der Waals surface area contributed by atoms with Crippen LogP contribution >= 0.6 is 11.8 Å². The van der Waals surface area contributed by atoms with E-state index < -0.39 is 0 Å². The van der Waals surface area contributed by atoms with Crippen LogP contribution in [-0.4, -0.2) is 58.4 Å². The van der Waals surface area contributed by atoms with Crippen LogP contribution in [0.4, 0.5) is 10.5 Å². The Labute approximate surface area is 209 Å². The number of benzene rings is 2. The summed E-state index contributed by atoms with van der Waals surface area (Å²) in [7, 11) is 0. The molecule has 0 spiro atoms. The third-order valence-electron chi connectivity index (χ3n) is 6.61. The summed E-state index contributed by atoms with van der Waals surface area (Å²) in [6, 6.07) is 18.5. The Morgan fingerprint density at radius 3 is 2.54 bits per heavy atom. The van der Waals surface area contributed by atoms with Crippen LogP contribution in [0.5, 0.6) is 0 Å². The zero-order valence-corrected chi connectivity index (χ0v) is 20.5. The fourth-order valence-electron chi connectivity index (χ4n) is 4.76. The van der Waals surface area contributed by atoms with Crippen molar-refractivity contribution in [3.63, 3.8) is 0 Å². The minimum atomic E-state index is -0.241. The van der Waals surface area contributed by atoms with Crippen molar-refractivity contribution in [3.05, 3.63) is 70.8 Å². The van der Waals surface area contributed by atoms with Gasteiger partial charge >= 0.3 is 0 Å². The third kappa shape index (κ3) is 4.70. The number of imide groups is 1. The van der Waals surface area contributed by atoms with Gasteiger partial charge in [0.1, 0.15) is 0 Å². The van der Waals surface area contributed by atoms with E-state index in [9.17, 15) is 9.59 Å². The van der Waals surface area contributed by atoms with Gasteiger partial charge < -0.3 is 9.47 Å². The number of fused-ring (bicyclic) bond motifs is 1. The molecule has 2 aromatic carbocycles. The molecule has 0 N–H and O–H groups in total. The van der Waals surface area contributed by atoms with Crippen molar-refractivity contribution in [1.29, 1.82) is 5.26 Å². The number of carbonyl (C=O) groups is 2. The number of amides is 2. The maximum Gasteiger partial charge on any atom is 0.294 e. The van der Waals surface area contributed by atoms with Crippen LogP contribution in [-0.2, 0) is 11.3 Å². The fourth-order valence-corrected chi connectivity index (χ4v) is 5.58. The number of nitrogens with zero attached hydrogens (tertiary/aromatic N) is 5. The highest BCUT2D eigenvalue weighted by Gasteiger charge is 2.36. The van der Waals surface area contributed by atoms with E-state index in [0.29, 0.717) is 24.5 Å². The summed E-state index contributed by atoms with van der Waals surface area (Å²) in [4.78, 5) is 32.2. The Hall–Kier alpha value is -3.54. The Bertz CT molecular complexity index is 1350. The van der Waals surface area contributed by atoms with Gasteiger partial charge in [-0.25, -0.2) is 0 Å². The van der Waals surface area contributed by atoms with Gasteiger partial charge in [-0.15, -0.1) is 0 Å². The normalized spacial score (nSPS) is 18.1. The number of piperazine rings is 1. The van der Waals surface area contributed by atoms with Crippen molar-refractivity contribution in [3.8, 4) is 6.07 Å². The zero-order valence-electron chi connectivity index (χ0n) is 19.7. The van der Waals surface area contributed by atoms with Crippen LogP contribution in [0.2, 0.25) is 0 Å². The highest BCUT2D eigenvalue weighted by molar-refractivity contribution is 8.18. The van der Waals surface area contributed by atoms with E-state index in [0.717, 1.165) is 54.4 Å². The first-order valence-electron chi connectivity index (χ1n) is 11.8. The predicted molar refractivity (Wildman–Crippen MR) is 140 cm³/mol. The predicted octanol–water partition coefficient (Wildman–Crippen LogP) is 4.68. The largest absolute Gasteiger partial charge is 0.369 e. The van der Waals surface area contributed by atoms with Crippen LogP contribution in [0.1, 0.15) is 17.5 Å². The van der Waals surface area contributed by atoms with Crippen molar-refractivity contribution in [2.75, 3.05) is 37.7 Å². The molecule has 2 saturated heterocycles. The molecular formula is C27H27N5O2S. The molecule has 0 bridgehead atoms. The average molecular weight is 486 g/mol. The van der Waals surface area contributed by atoms with Crippen molar-refractivity contribution >= 4 is 45.6 Å². The summed E-state index contributed by atoms with van der Waals surface area (Å²) >= 11 is 1.00. The topological polar surface area (TPSA) is 72.6 Å². The Kier molecular flexibility index (Phi) is 6.62. The first-order chi connectivity index (χ1) is 17.0. The first kappa shape index (κ1) is 23.2. The number of carbonyl (C=O) groups excluding carboxylic acids is 2. The second-order valence-corrected chi connectivity index (χ2v) is 9.84. The number of hydrogen-bond donors (Lipinski definition) is 0. The lowest BCUT2D eigenvalue weighted by Crippen LogP contribution is -2.51. The number of thioether (sulfide) groups is 1. The number of nitriles is 1. The van der Waals surface area contributed by atoms with E-state index in [4.69, 9.17) is 5.26 Å². The maximum absolute atomic E-state index is 13.2. The molecule has 5 rings (SSSR count).